The third kappa shape index (κ3) is 20.2. The summed E-state index contributed by atoms with van der Waals surface area (Å²) in [6.45, 7) is 72.1. The first-order valence-electron chi connectivity index (χ1n) is 28.2. The Balaban J connectivity index is 0.000000480. The van der Waals surface area contributed by atoms with Gasteiger partial charge in [0.2, 0.25) is 0 Å². The van der Waals surface area contributed by atoms with E-state index in [1.807, 2.05) is 104 Å². The third-order valence-corrected chi connectivity index (χ3v) is 14.0. The first kappa shape index (κ1) is 72.0. The van der Waals surface area contributed by atoms with Crippen molar-refractivity contribution in [1.29, 1.82) is 0 Å². The largest absolute Gasteiger partial charge is 0.326 e. The van der Waals surface area contributed by atoms with Gasteiger partial charge in [-0.15, -0.1) is 0 Å². The Hall–Kier alpha value is -5.98. The zero-order valence-electron chi connectivity index (χ0n) is 56.9. The van der Waals surface area contributed by atoms with Crippen LogP contribution in [-0.4, -0.2) is 49.8 Å². The van der Waals surface area contributed by atoms with Gasteiger partial charge < -0.3 is 15.0 Å². The fourth-order valence-electron chi connectivity index (χ4n) is 10.2. The predicted molar refractivity (Wildman–Crippen MR) is 338 cm³/mol. The highest BCUT2D eigenvalue weighted by molar-refractivity contribution is 5.42. The molecule has 0 saturated carbocycles. The molecule has 6 rings (SSSR count). The minimum atomic E-state index is -0.188. The van der Waals surface area contributed by atoms with Crippen molar-refractivity contribution >= 4 is 0 Å². The molecule has 6 heterocycles. The van der Waals surface area contributed by atoms with Gasteiger partial charge in [-0.05, 0) is 173 Å². The summed E-state index contributed by atoms with van der Waals surface area (Å²) in [6.07, 6.45) is 0. The summed E-state index contributed by atoms with van der Waals surface area (Å²) in [4.78, 5) is 74.3. The van der Waals surface area contributed by atoms with Gasteiger partial charge >= 0.3 is 0 Å². The van der Waals surface area contributed by atoms with Crippen LogP contribution < -0.4 is 16.7 Å². The highest BCUT2D eigenvalue weighted by Crippen LogP contribution is 2.31. The Morgan fingerprint density at radius 2 is 0.600 bits per heavy atom. The molecule has 13 heteroatoms. The third-order valence-electron chi connectivity index (χ3n) is 14.0. The molecule has 0 amide bonds. The van der Waals surface area contributed by atoms with Crippen LogP contribution in [0.1, 0.15) is 255 Å². The lowest BCUT2D eigenvalue weighted by atomic mass is 9.81. The van der Waals surface area contributed by atoms with Crippen LogP contribution in [0.4, 0.5) is 0 Å². The summed E-state index contributed by atoms with van der Waals surface area (Å²) in [5.41, 5.74) is 22.3. The maximum absolute atomic E-state index is 11.8. The van der Waals surface area contributed by atoms with Gasteiger partial charge in [-0.25, -0.2) is 15.0 Å². The summed E-state index contributed by atoms with van der Waals surface area (Å²) >= 11 is 0. The number of H-pyrrole nitrogens is 3. The first-order chi connectivity index (χ1) is 35.8. The summed E-state index contributed by atoms with van der Waals surface area (Å²) < 4.78 is 0. The smallest absolute Gasteiger partial charge is 0.270 e. The lowest BCUT2D eigenvalue weighted by Gasteiger charge is -2.25. The normalized spacial score (nSPS) is 11.8. The highest BCUT2D eigenvalue weighted by atomic mass is 16.1. The molecular weight excluding hydrogens is 993 g/mol. The van der Waals surface area contributed by atoms with E-state index in [-0.39, 0.29) is 49.2 Å². The van der Waals surface area contributed by atoms with E-state index in [1.165, 1.54) is 33.5 Å². The monoisotopic (exact) mass is 1100 g/mol. The number of pyridine rings is 2. The molecule has 0 aromatic carbocycles. The van der Waals surface area contributed by atoms with Crippen LogP contribution in [0, 0.1) is 118 Å². The van der Waals surface area contributed by atoms with Gasteiger partial charge in [0.1, 0.15) is 17.3 Å². The number of hydrogen-bond donors (Lipinski definition) is 3. The summed E-state index contributed by atoms with van der Waals surface area (Å²) in [5, 5.41) is 0. The van der Waals surface area contributed by atoms with Gasteiger partial charge in [0, 0.05) is 61.8 Å². The predicted octanol–water partition coefficient (Wildman–Crippen LogP) is 15.0. The van der Waals surface area contributed by atoms with E-state index >= 15 is 0 Å². The number of aryl methyl sites for hydroxylation is 13. The van der Waals surface area contributed by atoms with Crippen molar-refractivity contribution in [3.8, 4) is 0 Å². The van der Waals surface area contributed by atoms with E-state index in [2.05, 4.69) is 181 Å². The maximum atomic E-state index is 11.8. The molecule has 6 aromatic rings. The molecule has 3 N–H and O–H groups in total. The molecule has 0 saturated heterocycles. The number of nitrogens with zero attached hydrogens (tertiary/aromatic N) is 7. The zero-order valence-corrected chi connectivity index (χ0v) is 56.9. The van der Waals surface area contributed by atoms with Crippen LogP contribution >= 0.6 is 0 Å². The van der Waals surface area contributed by atoms with Crippen molar-refractivity contribution in [2.45, 2.75) is 275 Å². The van der Waals surface area contributed by atoms with E-state index in [1.54, 1.807) is 6.92 Å². The molecule has 0 radical (unpaired) electrons. The molecule has 0 aliphatic rings. The summed E-state index contributed by atoms with van der Waals surface area (Å²) in [5.74, 6) is 1.54. The van der Waals surface area contributed by atoms with E-state index in [0.717, 1.165) is 85.1 Å². The Morgan fingerprint density at radius 3 is 1.01 bits per heavy atom. The van der Waals surface area contributed by atoms with E-state index in [0.29, 0.717) is 11.5 Å². The van der Waals surface area contributed by atoms with Crippen LogP contribution in [-0.2, 0) is 32.5 Å². The molecule has 0 bridgehead atoms. The molecule has 444 valence electrons. The number of rotatable bonds is 0. The van der Waals surface area contributed by atoms with Crippen LogP contribution in [0.15, 0.2) is 14.4 Å². The minimum absolute atomic E-state index is 0.0162. The number of nitrogens with one attached hydrogen (secondary N) is 3. The Labute approximate surface area is 483 Å². The Bertz CT molecular complexity index is 3270. The number of hydrogen-bond acceptors (Lipinski definition) is 10. The van der Waals surface area contributed by atoms with Crippen LogP contribution in [0.2, 0.25) is 0 Å². The minimum Gasteiger partial charge on any atom is -0.326 e. The quantitative estimate of drug-likeness (QED) is 0.132. The molecule has 0 fully saturated rings. The molecular formula is C67H108N10O3. The van der Waals surface area contributed by atoms with Gasteiger partial charge in [0.15, 0.2) is 0 Å². The van der Waals surface area contributed by atoms with E-state index in [9.17, 15) is 14.4 Å². The van der Waals surface area contributed by atoms with Gasteiger partial charge in [0.25, 0.3) is 16.7 Å². The van der Waals surface area contributed by atoms with Crippen molar-refractivity contribution in [1.82, 2.24) is 49.8 Å². The SMILES string of the molecule is Cc1[nH]c(=O)c(C(C)(C)C)c(C)c1C.Cc1nc(C(C)(C)C)c(=O)[nH]c1C.Cc1nc(C)c(C(C)(C)C)c(=O)[nH]1.Cc1nc(C)c(C(C)(C)C)c(C)c1C.Cc1nc(C)c(C(C)(C)C)c(C)n1.Cc1nc(C)c(C(C)(C)C)nc1C. The molecule has 0 aliphatic carbocycles. The zero-order chi connectivity index (χ0) is 63.1. The molecule has 6 aromatic heterocycles. The lowest BCUT2D eigenvalue weighted by molar-refractivity contribution is 0.555. The highest BCUT2D eigenvalue weighted by Gasteiger charge is 2.25. The molecule has 0 atom stereocenters. The fourth-order valence-corrected chi connectivity index (χ4v) is 10.2. The van der Waals surface area contributed by atoms with Gasteiger partial charge in [-0.2, -0.15) is 0 Å². The van der Waals surface area contributed by atoms with Gasteiger partial charge in [-0.3, -0.25) is 34.3 Å². The molecule has 0 unspecified atom stereocenters. The van der Waals surface area contributed by atoms with Crippen molar-refractivity contribution in [3.05, 3.63) is 161 Å². The van der Waals surface area contributed by atoms with E-state index < -0.39 is 0 Å². The van der Waals surface area contributed by atoms with Crippen molar-refractivity contribution in [3.63, 3.8) is 0 Å². The van der Waals surface area contributed by atoms with Crippen molar-refractivity contribution in [2.75, 3.05) is 0 Å². The average molecular weight is 1100 g/mol. The molecule has 80 heavy (non-hydrogen) atoms. The lowest BCUT2D eigenvalue weighted by Crippen LogP contribution is -2.27. The number of aromatic nitrogens is 10. The summed E-state index contributed by atoms with van der Waals surface area (Å²) in [6, 6.07) is 0. The summed E-state index contributed by atoms with van der Waals surface area (Å²) in [7, 11) is 0. The standard InChI is InChI=1S/C13H21N.C12H19NO.2C11H18N2.2C10H16N2O/c1-8-9(2)12(13(5,6)7)11(4)14-10(8)3;1-7-8(2)10(12(4,5)6)11(14)13-9(7)3;1-7-10(11(4,5)6)8(2)13-9(3)12-7;1-7-8(2)13-10(9(3)12-7)11(4,5)6;1-6-8(10(3,4)5)9(13)12-7(2)11-6;1-6-7(2)12-9(13)8(11-6)10(3,4)5/h1-7H3;1-6H3,(H,13,14);2*1-6H3;1-5H3,(H,11,12,13);1-5H3,(H,12,13). The topological polar surface area (TPSA) is 189 Å². The fraction of sp³-hybridized carbons (Fsp3) is 0.612. The Kier molecular flexibility index (Phi) is 24.5. The van der Waals surface area contributed by atoms with Crippen LogP contribution in [0.3, 0.4) is 0 Å². The average Bonchev–Trinajstić information content (AvgIpc) is 3.22. The van der Waals surface area contributed by atoms with E-state index in [4.69, 9.17) is 0 Å². The second-order valence-corrected chi connectivity index (χ2v) is 28.0. The van der Waals surface area contributed by atoms with Crippen molar-refractivity contribution in [2.24, 2.45) is 0 Å². The number of aromatic amines is 3. The van der Waals surface area contributed by atoms with Crippen LogP contribution in [0.25, 0.3) is 0 Å². The Morgan fingerprint density at radius 1 is 0.250 bits per heavy atom. The molecule has 0 spiro atoms. The maximum Gasteiger partial charge on any atom is 0.270 e. The second-order valence-electron chi connectivity index (χ2n) is 28.0. The second kappa shape index (κ2) is 27.2. The molecule has 13 nitrogen and oxygen atoms in total. The van der Waals surface area contributed by atoms with Crippen LogP contribution in [0.5, 0.6) is 0 Å². The molecule has 0 aliphatic heterocycles. The van der Waals surface area contributed by atoms with Gasteiger partial charge in [0.05, 0.1) is 28.5 Å². The van der Waals surface area contributed by atoms with Gasteiger partial charge in [-0.1, -0.05) is 125 Å². The van der Waals surface area contributed by atoms with Crippen molar-refractivity contribution < 1.29 is 0 Å². The first-order valence-corrected chi connectivity index (χ1v) is 28.2.